The van der Waals surface area contributed by atoms with E-state index in [1.54, 1.807) is 18.2 Å². The number of anilines is 1. The fourth-order valence-corrected chi connectivity index (χ4v) is 3.47. The molecule has 0 aliphatic rings. The van der Waals surface area contributed by atoms with Crippen molar-refractivity contribution in [3.8, 4) is 0 Å². The van der Waals surface area contributed by atoms with Crippen molar-refractivity contribution in [2.24, 2.45) is 0 Å². The number of carbonyl (C=O) groups is 1. The highest BCUT2D eigenvalue weighted by Gasteiger charge is 2.20. The lowest BCUT2D eigenvalue weighted by atomic mass is 10.1. The van der Waals surface area contributed by atoms with Gasteiger partial charge in [0.15, 0.2) is 5.76 Å². The fourth-order valence-electron chi connectivity index (χ4n) is 2.52. The summed E-state index contributed by atoms with van der Waals surface area (Å²) in [5, 5.41) is 3.57. The number of furan rings is 1. The molecule has 3 aromatic rings. The summed E-state index contributed by atoms with van der Waals surface area (Å²) in [6.07, 6.45) is 0. The van der Waals surface area contributed by atoms with Gasteiger partial charge in [0.2, 0.25) is 10.0 Å². The summed E-state index contributed by atoms with van der Waals surface area (Å²) < 4.78 is 31.2. The molecule has 0 bridgehead atoms. The summed E-state index contributed by atoms with van der Waals surface area (Å²) in [5.41, 5.74) is 1.76. The van der Waals surface area contributed by atoms with Crippen LogP contribution in [-0.4, -0.2) is 32.7 Å². The van der Waals surface area contributed by atoms with Crippen LogP contribution in [0.15, 0.2) is 57.8 Å². The van der Waals surface area contributed by atoms with Gasteiger partial charge in [0.1, 0.15) is 5.58 Å². The summed E-state index contributed by atoms with van der Waals surface area (Å²) in [7, 11) is -0.657. The van der Waals surface area contributed by atoms with E-state index < -0.39 is 15.9 Å². The molecule has 25 heavy (non-hydrogen) atoms. The van der Waals surface area contributed by atoms with Gasteiger partial charge >= 0.3 is 0 Å². The average molecular weight is 358 g/mol. The molecule has 1 heterocycles. The Bertz CT molecular complexity index is 1050. The number of para-hydroxylation sites is 1. The number of benzene rings is 2. The van der Waals surface area contributed by atoms with E-state index in [0.29, 0.717) is 11.3 Å². The quantitative estimate of drug-likeness (QED) is 0.776. The Balaban J connectivity index is 1.92. The number of hydrogen-bond donors (Lipinski definition) is 1. The van der Waals surface area contributed by atoms with Gasteiger partial charge in [-0.05, 0) is 31.2 Å². The topological polar surface area (TPSA) is 79.6 Å². The first-order valence-electron chi connectivity index (χ1n) is 7.63. The average Bonchev–Trinajstić information content (AvgIpc) is 2.92. The monoisotopic (exact) mass is 358 g/mol. The second-order valence-electron chi connectivity index (χ2n) is 5.82. The molecule has 6 nitrogen and oxygen atoms in total. The maximum Gasteiger partial charge on any atom is 0.291 e. The number of carbonyl (C=O) groups excluding carboxylic acids is 1. The first kappa shape index (κ1) is 17.2. The number of nitrogens with one attached hydrogen (secondary N) is 1. The third kappa shape index (κ3) is 3.16. The molecule has 130 valence electrons. The van der Waals surface area contributed by atoms with Crippen LogP contribution >= 0.6 is 0 Å². The van der Waals surface area contributed by atoms with Crippen LogP contribution in [0.2, 0.25) is 0 Å². The molecule has 0 radical (unpaired) electrons. The Hall–Kier alpha value is -2.64. The predicted molar refractivity (Wildman–Crippen MR) is 96.2 cm³/mol. The number of rotatable bonds is 4. The number of aryl methyl sites for hydroxylation is 1. The van der Waals surface area contributed by atoms with Crippen LogP contribution in [0, 0.1) is 6.92 Å². The highest BCUT2D eigenvalue weighted by atomic mass is 32.2. The van der Waals surface area contributed by atoms with E-state index in [0.717, 1.165) is 15.3 Å². The third-order valence-corrected chi connectivity index (χ3v) is 5.73. The van der Waals surface area contributed by atoms with Crippen molar-refractivity contribution in [3.63, 3.8) is 0 Å². The Kier molecular flexibility index (Phi) is 4.36. The number of fused-ring (bicyclic) bond motifs is 1. The highest BCUT2D eigenvalue weighted by Crippen LogP contribution is 2.26. The summed E-state index contributed by atoms with van der Waals surface area (Å²) in [6.45, 7) is 1.81. The molecule has 0 unspecified atom stereocenters. The molecule has 1 N–H and O–H groups in total. The summed E-state index contributed by atoms with van der Waals surface area (Å²) in [5.74, 6) is -0.213. The van der Waals surface area contributed by atoms with Crippen LogP contribution in [0.4, 0.5) is 5.69 Å². The molecular weight excluding hydrogens is 340 g/mol. The molecule has 0 spiro atoms. The standard InChI is InChI=1S/C18H18N2O4S/c1-12-15-9-4-5-10-16(15)24-17(12)18(21)19-13-7-6-8-14(11-13)25(22,23)20(2)3/h4-11H,1-3H3,(H,19,21). The minimum atomic E-state index is -3.57. The van der Waals surface area contributed by atoms with E-state index in [4.69, 9.17) is 4.42 Å². The Morgan fingerprint density at radius 2 is 1.80 bits per heavy atom. The van der Waals surface area contributed by atoms with Crippen molar-refractivity contribution in [1.29, 1.82) is 0 Å². The van der Waals surface area contributed by atoms with Crippen LogP contribution in [0.3, 0.4) is 0 Å². The van der Waals surface area contributed by atoms with Gasteiger partial charge in [-0.25, -0.2) is 12.7 Å². The first-order chi connectivity index (χ1) is 11.8. The van der Waals surface area contributed by atoms with Crippen LogP contribution in [0.1, 0.15) is 16.1 Å². The normalized spacial score (nSPS) is 11.8. The molecule has 1 aromatic heterocycles. The smallest absolute Gasteiger partial charge is 0.291 e. The van der Waals surface area contributed by atoms with Crippen molar-refractivity contribution >= 4 is 32.6 Å². The molecular formula is C18H18N2O4S. The van der Waals surface area contributed by atoms with Gasteiger partial charge in [-0.1, -0.05) is 24.3 Å². The number of hydrogen-bond acceptors (Lipinski definition) is 4. The van der Waals surface area contributed by atoms with Crippen molar-refractivity contribution in [3.05, 3.63) is 59.9 Å². The lowest BCUT2D eigenvalue weighted by Crippen LogP contribution is -2.22. The Morgan fingerprint density at radius 1 is 1.08 bits per heavy atom. The molecule has 7 heteroatoms. The molecule has 0 fully saturated rings. The summed E-state index contributed by atoms with van der Waals surface area (Å²) in [4.78, 5) is 12.6. The van der Waals surface area contributed by atoms with Gasteiger partial charge in [0.25, 0.3) is 5.91 Å². The maximum absolute atomic E-state index is 12.5. The predicted octanol–water partition coefficient (Wildman–Crippen LogP) is 3.24. The minimum absolute atomic E-state index is 0.108. The fraction of sp³-hybridized carbons (Fsp3) is 0.167. The van der Waals surface area contributed by atoms with Crippen molar-refractivity contribution in [2.45, 2.75) is 11.8 Å². The molecule has 3 rings (SSSR count). The van der Waals surface area contributed by atoms with Gasteiger partial charge in [-0.15, -0.1) is 0 Å². The zero-order valence-electron chi connectivity index (χ0n) is 14.1. The van der Waals surface area contributed by atoms with Gasteiger partial charge in [-0.2, -0.15) is 0 Å². The van der Waals surface area contributed by atoms with Gasteiger partial charge < -0.3 is 9.73 Å². The van der Waals surface area contributed by atoms with Crippen molar-refractivity contribution in [2.75, 3.05) is 19.4 Å². The van der Waals surface area contributed by atoms with E-state index in [-0.39, 0.29) is 10.7 Å². The van der Waals surface area contributed by atoms with Crippen LogP contribution in [0.25, 0.3) is 11.0 Å². The van der Waals surface area contributed by atoms with Gasteiger partial charge in [0.05, 0.1) is 4.90 Å². The minimum Gasteiger partial charge on any atom is -0.451 e. The van der Waals surface area contributed by atoms with Crippen LogP contribution < -0.4 is 5.32 Å². The van der Waals surface area contributed by atoms with Gasteiger partial charge in [-0.3, -0.25) is 4.79 Å². The largest absolute Gasteiger partial charge is 0.451 e. The third-order valence-electron chi connectivity index (χ3n) is 3.92. The summed E-state index contributed by atoms with van der Waals surface area (Å²) >= 11 is 0. The summed E-state index contributed by atoms with van der Waals surface area (Å²) in [6, 6.07) is 13.5. The molecule has 0 atom stereocenters. The molecule has 0 saturated carbocycles. The molecule has 0 aliphatic carbocycles. The first-order valence-corrected chi connectivity index (χ1v) is 9.07. The molecule has 0 saturated heterocycles. The maximum atomic E-state index is 12.5. The van der Waals surface area contributed by atoms with E-state index in [1.165, 1.54) is 26.2 Å². The van der Waals surface area contributed by atoms with E-state index in [1.807, 2.05) is 25.1 Å². The second-order valence-corrected chi connectivity index (χ2v) is 7.97. The SMILES string of the molecule is Cc1c(C(=O)Nc2cccc(S(=O)(=O)N(C)C)c2)oc2ccccc12. The van der Waals surface area contributed by atoms with Crippen LogP contribution in [-0.2, 0) is 10.0 Å². The van der Waals surface area contributed by atoms with Crippen LogP contribution in [0.5, 0.6) is 0 Å². The molecule has 0 aliphatic heterocycles. The van der Waals surface area contributed by atoms with E-state index in [9.17, 15) is 13.2 Å². The molecule has 2 aromatic carbocycles. The van der Waals surface area contributed by atoms with Crippen molar-refractivity contribution < 1.29 is 17.6 Å². The zero-order valence-corrected chi connectivity index (χ0v) is 14.9. The number of amides is 1. The van der Waals surface area contributed by atoms with E-state index in [2.05, 4.69) is 5.32 Å². The lowest BCUT2D eigenvalue weighted by molar-refractivity contribution is 0.0998. The lowest BCUT2D eigenvalue weighted by Gasteiger charge is -2.12. The Morgan fingerprint density at radius 3 is 2.48 bits per heavy atom. The van der Waals surface area contributed by atoms with E-state index >= 15 is 0 Å². The van der Waals surface area contributed by atoms with Crippen molar-refractivity contribution in [1.82, 2.24) is 4.31 Å². The zero-order chi connectivity index (χ0) is 18.2. The van der Waals surface area contributed by atoms with Gasteiger partial charge in [0, 0.05) is 30.7 Å². The highest BCUT2D eigenvalue weighted by molar-refractivity contribution is 7.89. The Labute approximate surface area is 146 Å². The number of sulfonamides is 1. The molecule has 1 amide bonds. The second kappa shape index (κ2) is 6.34. The number of nitrogens with zero attached hydrogens (tertiary/aromatic N) is 1.